The predicted molar refractivity (Wildman–Crippen MR) is 86.3 cm³/mol. The van der Waals surface area contributed by atoms with Crippen LogP contribution in [0.3, 0.4) is 0 Å². The van der Waals surface area contributed by atoms with Crippen LogP contribution in [0.1, 0.15) is 12.0 Å². The lowest BCUT2D eigenvalue weighted by Gasteiger charge is -2.14. The average molecular weight is 323 g/mol. The maximum atomic E-state index is 12.4. The molecule has 1 aromatic carbocycles. The van der Waals surface area contributed by atoms with Crippen LogP contribution in [0.25, 0.3) is 10.4 Å². The molecule has 0 bridgehead atoms. The number of carbonyl (C=O) groups is 1. The van der Waals surface area contributed by atoms with Crippen molar-refractivity contribution in [3.8, 4) is 22.7 Å². The number of rotatable bonds is 3. The monoisotopic (exact) mass is 323 g/mol. The quantitative estimate of drug-likeness (QED) is 0.690. The molecule has 1 aliphatic heterocycles. The summed E-state index contributed by atoms with van der Waals surface area (Å²) in [5, 5.41) is 21.8. The molecule has 1 fully saturated rings. The van der Waals surface area contributed by atoms with Crippen LogP contribution < -0.4 is 10.2 Å². The van der Waals surface area contributed by atoms with Gasteiger partial charge in [-0.25, -0.2) is 4.98 Å². The Balaban J connectivity index is 1.86. The number of nitrogens with zero attached hydrogens (tertiary/aromatic N) is 4. The normalized spacial score (nSPS) is 16.5. The van der Waals surface area contributed by atoms with Gasteiger partial charge in [-0.1, -0.05) is 23.5 Å². The Hall–Kier alpha value is -2.74. The lowest BCUT2D eigenvalue weighted by molar-refractivity contribution is -0.121. The Kier molecular flexibility index (Phi) is 4.33. The van der Waals surface area contributed by atoms with Crippen molar-refractivity contribution in [2.24, 2.45) is 5.92 Å². The number of benzene rings is 1. The van der Waals surface area contributed by atoms with Crippen molar-refractivity contribution in [2.75, 3.05) is 18.0 Å². The van der Waals surface area contributed by atoms with Crippen LogP contribution in [0.4, 0.5) is 5.13 Å². The van der Waals surface area contributed by atoms with E-state index < -0.39 is 0 Å². The molecule has 0 unspecified atom stereocenters. The fraction of sp³-hybridized carbons (Fsp3) is 0.250. The van der Waals surface area contributed by atoms with E-state index in [1.807, 2.05) is 12.3 Å². The van der Waals surface area contributed by atoms with Gasteiger partial charge in [-0.2, -0.15) is 15.4 Å². The Labute approximate surface area is 137 Å². The zero-order chi connectivity index (χ0) is 16.2. The van der Waals surface area contributed by atoms with Gasteiger partial charge in [0.05, 0.1) is 22.4 Å². The van der Waals surface area contributed by atoms with E-state index in [0.717, 1.165) is 28.3 Å². The summed E-state index contributed by atoms with van der Waals surface area (Å²) >= 11 is 1.27. The number of carbonyl (C=O) groups excluding carboxylic acids is 1. The molecular formula is C16H13N5OS. The zero-order valence-electron chi connectivity index (χ0n) is 12.2. The molecule has 7 heteroatoms. The van der Waals surface area contributed by atoms with Crippen LogP contribution in [0.15, 0.2) is 30.5 Å². The molecule has 1 amide bonds. The summed E-state index contributed by atoms with van der Waals surface area (Å²) in [7, 11) is 0. The second-order valence-electron chi connectivity index (χ2n) is 5.16. The van der Waals surface area contributed by atoms with Crippen LogP contribution in [0.2, 0.25) is 0 Å². The maximum absolute atomic E-state index is 12.4. The van der Waals surface area contributed by atoms with Gasteiger partial charge in [0.15, 0.2) is 6.19 Å². The molecule has 114 valence electrons. The highest BCUT2D eigenvalue weighted by molar-refractivity contribution is 7.19. The summed E-state index contributed by atoms with van der Waals surface area (Å²) < 4.78 is 0. The standard InChI is InChI=1S/C16H13N5OS/c17-7-11-2-1-3-12(6-11)14-9-20-16(23-14)21(10-18)15(22)13-4-5-19-8-13/h1-3,6,9,13,19H,4-5,8H2/t13-/m0/s1. The smallest absolute Gasteiger partial charge is 0.246 e. The topological polar surface area (TPSA) is 92.8 Å². The number of hydrogen-bond donors (Lipinski definition) is 1. The predicted octanol–water partition coefficient (Wildman–Crippen LogP) is 2.11. The first-order valence-corrected chi connectivity index (χ1v) is 7.95. The molecule has 1 N–H and O–H groups in total. The molecule has 0 saturated carbocycles. The highest BCUT2D eigenvalue weighted by atomic mass is 32.1. The number of thiazole rings is 1. The van der Waals surface area contributed by atoms with Crippen LogP contribution in [0, 0.1) is 28.7 Å². The van der Waals surface area contributed by atoms with Crippen molar-refractivity contribution < 1.29 is 4.79 Å². The van der Waals surface area contributed by atoms with Gasteiger partial charge in [-0.3, -0.25) is 4.79 Å². The minimum atomic E-state index is -0.218. The molecule has 1 aliphatic rings. The maximum Gasteiger partial charge on any atom is 0.246 e. The third-order valence-electron chi connectivity index (χ3n) is 3.69. The minimum absolute atomic E-state index is 0.177. The number of anilines is 1. The highest BCUT2D eigenvalue weighted by Gasteiger charge is 2.29. The summed E-state index contributed by atoms with van der Waals surface area (Å²) in [6.07, 6.45) is 4.30. The number of amides is 1. The molecular weight excluding hydrogens is 310 g/mol. The average Bonchev–Trinajstić information content (AvgIpc) is 3.27. The second kappa shape index (κ2) is 6.57. The van der Waals surface area contributed by atoms with Crippen molar-refractivity contribution in [2.45, 2.75) is 6.42 Å². The van der Waals surface area contributed by atoms with Gasteiger partial charge >= 0.3 is 0 Å². The summed E-state index contributed by atoms with van der Waals surface area (Å²) in [5.41, 5.74) is 1.41. The molecule has 2 aromatic rings. The van der Waals surface area contributed by atoms with E-state index in [1.165, 1.54) is 11.3 Å². The third kappa shape index (κ3) is 3.07. The lowest BCUT2D eigenvalue weighted by Crippen LogP contribution is -2.33. The molecule has 0 spiro atoms. The van der Waals surface area contributed by atoms with Gasteiger partial charge in [0.25, 0.3) is 0 Å². The molecule has 1 saturated heterocycles. The molecule has 1 aromatic heterocycles. The Bertz CT molecular complexity index is 810. The van der Waals surface area contributed by atoms with Crippen molar-refractivity contribution in [1.29, 1.82) is 10.5 Å². The van der Waals surface area contributed by atoms with E-state index in [0.29, 0.717) is 17.2 Å². The van der Waals surface area contributed by atoms with Gasteiger partial charge in [0.1, 0.15) is 0 Å². The van der Waals surface area contributed by atoms with Crippen LogP contribution >= 0.6 is 11.3 Å². The van der Waals surface area contributed by atoms with E-state index in [9.17, 15) is 10.1 Å². The second-order valence-corrected chi connectivity index (χ2v) is 6.17. The summed E-state index contributed by atoms with van der Waals surface area (Å²) in [6.45, 7) is 1.39. The number of nitriles is 2. The summed E-state index contributed by atoms with van der Waals surface area (Å²) in [4.78, 5) is 18.5. The molecule has 0 radical (unpaired) electrons. The van der Waals surface area contributed by atoms with Crippen molar-refractivity contribution in [3.63, 3.8) is 0 Å². The summed E-state index contributed by atoms with van der Waals surface area (Å²) in [6, 6.07) is 9.25. The lowest BCUT2D eigenvalue weighted by atomic mass is 10.1. The van der Waals surface area contributed by atoms with Gasteiger partial charge in [-0.15, -0.1) is 0 Å². The van der Waals surface area contributed by atoms with Crippen LogP contribution in [0.5, 0.6) is 0 Å². The number of aromatic nitrogens is 1. The largest absolute Gasteiger partial charge is 0.316 e. The highest BCUT2D eigenvalue weighted by Crippen LogP contribution is 2.32. The van der Waals surface area contributed by atoms with Gasteiger partial charge in [-0.05, 0) is 30.7 Å². The van der Waals surface area contributed by atoms with E-state index in [-0.39, 0.29) is 11.8 Å². The Morgan fingerprint density at radius 1 is 1.43 bits per heavy atom. The van der Waals surface area contributed by atoms with E-state index >= 15 is 0 Å². The van der Waals surface area contributed by atoms with E-state index in [2.05, 4.69) is 16.4 Å². The first-order chi connectivity index (χ1) is 11.2. The van der Waals surface area contributed by atoms with Gasteiger partial charge in [0.2, 0.25) is 11.0 Å². The SMILES string of the molecule is N#Cc1cccc(-c2cnc(N(C#N)C(=O)[C@H]3CCNC3)s2)c1. The first kappa shape index (κ1) is 15.2. The minimum Gasteiger partial charge on any atom is -0.316 e. The number of nitrogens with one attached hydrogen (secondary N) is 1. The van der Waals surface area contributed by atoms with Crippen molar-refractivity contribution in [1.82, 2.24) is 10.3 Å². The summed E-state index contributed by atoms with van der Waals surface area (Å²) in [5.74, 6) is -0.395. The Morgan fingerprint density at radius 2 is 2.30 bits per heavy atom. The van der Waals surface area contributed by atoms with Crippen LogP contribution in [-0.4, -0.2) is 24.0 Å². The Morgan fingerprint density at radius 3 is 3.00 bits per heavy atom. The van der Waals surface area contributed by atoms with E-state index in [1.54, 1.807) is 24.4 Å². The van der Waals surface area contributed by atoms with Crippen LogP contribution in [-0.2, 0) is 4.79 Å². The fourth-order valence-corrected chi connectivity index (χ4v) is 3.35. The molecule has 0 aliphatic carbocycles. The molecule has 3 rings (SSSR count). The van der Waals surface area contributed by atoms with E-state index in [4.69, 9.17) is 5.26 Å². The number of hydrogen-bond acceptors (Lipinski definition) is 6. The molecule has 6 nitrogen and oxygen atoms in total. The fourth-order valence-electron chi connectivity index (χ4n) is 2.48. The molecule has 2 heterocycles. The zero-order valence-corrected chi connectivity index (χ0v) is 13.0. The van der Waals surface area contributed by atoms with Gasteiger partial charge < -0.3 is 5.32 Å². The first-order valence-electron chi connectivity index (χ1n) is 7.13. The third-order valence-corrected chi connectivity index (χ3v) is 4.72. The van der Waals surface area contributed by atoms with Crippen molar-refractivity contribution in [3.05, 3.63) is 36.0 Å². The molecule has 23 heavy (non-hydrogen) atoms. The van der Waals surface area contributed by atoms with Crippen molar-refractivity contribution >= 4 is 22.4 Å². The molecule has 1 atom stereocenters. The van der Waals surface area contributed by atoms with Gasteiger partial charge in [0, 0.05) is 12.7 Å².